The van der Waals surface area contributed by atoms with Crippen molar-refractivity contribution in [3.8, 4) is 5.75 Å². The fraction of sp³-hybridized carbons (Fsp3) is 0.278. The molecule has 0 aliphatic carbocycles. The van der Waals surface area contributed by atoms with Crippen LogP contribution < -0.4 is 10.1 Å². The highest BCUT2D eigenvalue weighted by molar-refractivity contribution is 8.26. The molecule has 2 heterocycles. The summed E-state index contributed by atoms with van der Waals surface area (Å²) in [6, 6.07) is 10.8. The Labute approximate surface area is 144 Å². The van der Waals surface area contributed by atoms with Gasteiger partial charge in [0.05, 0.1) is 6.61 Å². The van der Waals surface area contributed by atoms with Crippen LogP contribution in [0.2, 0.25) is 0 Å². The summed E-state index contributed by atoms with van der Waals surface area (Å²) in [5.74, 6) is 0.730. The van der Waals surface area contributed by atoms with Gasteiger partial charge in [-0.3, -0.25) is 14.6 Å². The molecule has 1 saturated heterocycles. The lowest BCUT2D eigenvalue weighted by molar-refractivity contribution is -0.112. The number of amides is 1. The molecule has 1 aromatic heterocycles. The van der Waals surface area contributed by atoms with Gasteiger partial charge in [0.25, 0.3) is 5.24 Å². The number of hydrogen-bond donors (Lipinski definition) is 1. The summed E-state index contributed by atoms with van der Waals surface area (Å²) in [5, 5.41) is 2.17. The van der Waals surface area contributed by atoms with Crippen molar-refractivity contribution in [1.82, 2.24) is 10.3 Å². The Balaban J connectivity index is 1.52. The van der Waals surface area contributed by atoms with Gasteiger partial charge in [0.2, 0.25) is 5.12 Å². The normalized spacial score (nSPS) is 17.0. The molecule has 1 aliphatic heterocycles. The number of carbonyl (C=O) groups is 2. The largest absolute Gasteiger partial charge is 0.493 e. The molecule has 24 heavy (non-hydrogen) atoms. The molecule has 5 nitrogen and oxygen atoms in total. The summed E-state index contributed by atoms with van der Waals surface area (Å²) in [6.45, 7) is 2.64. The second-order valence-electron chi connectivity index (χ2n) is 5.46. The minimum absolute atomic E-state index is 0.171. The lowest BCUT2D eigenvalue weighted by atomic mass is 10.1. The number of pyridine rings is 1. The predicted molar refractivity (Wildman–Crippen MR) is 93.1 cm³/mol. The molecule has 6 heteroatoms. The van der Waals surface area contributed by atoms with Crippen LogP contribution in [0.1, 0.15) is 29.8 Å². The number of benzene rings is 1. The zero-order chi connectivity index (χ0) is 16.9. The predicted octanol–water partition coefficient (Wildman–Crippen LogP) is 3.29. The maximum Gasteiger partial charge on any atom is 0.287 e. The maximum absolute atomic E-state index is 11.7. The summed E-state index contributed by atoms with van der Waals surface area (Å²) in [4.78, 5) is 27.3. The van der Waals surface area contributed by atoms with Crippen molar-refractivity contribution in [1.29, 1.82) is 0 Å². The van der Waals surface area contributed by atoms with Gasteiger partial charge in [0.15, 0.2) is 0 Å². The van der Waals surface area contributed by atoms with Crippen molar-refractivity contribution in [3.05, 3.63) is 59.4 Å². The molecule has 1 amide bonds. The van der Waals surface area contributed by atoms with Crippen LogP contribution in [0.25, 0.3) is 0 Å². The van der Waals surface area contributed by atoms with Gasteiger partial charge in [-0.25, -0.2) is 0 Å². The van der Waals surface area contributed by atoms with E-state index in [0.717, 1.165) is 29.8 Å². The average molecular weight is 342 g/mol. The number of nitrogens with one attached hydrogen (secondary N) is 1. The lowest BCUT2D eigenvalue weighted by Gasteiger charge is -2.10. The third-order valence-electron chi connectivity index (χ3n) is 3.83. The molecule has 0 bridgehead atoms. The number of rotatable bonds is 6. The molecular weight excluding hydrogens is 324 g/mol. The number of carbonyl (C=O) groups excluding carboxylic acids is 2. The molecule has 0 radical (unpaired) electrons. The van der Waals surface area contributed by atoms with Crippen LogP contribution in [-0.2, 0) is 17.6 Å². The molecule has 2 aromatic rings. The van der Waals surface area contributed by atoms with E-state index in [2.05, 4.69) is 23.3 Å². The molecule has 124 valence electrons. The van der Waals surface area contributed by atoms with E-state index in [1.807, 2.05) is 24.4 Å². The van der Waals surface area contributed by atoms with Crippen LogP contribution in [0.5, 0.6) is 5.75 Å². The second-order valence-corrected chi connectivity index (χ2v) is 6.44. The van der Waals surface area contributed by atoms with Crippen molar-refractivity contribution in [2.75, 3.05) is 6.61 Å². The third-order valence-corrected chi connectivity index (χ3v) is 4.57. The first-order chi connectivity index (χ1) is 11.7. The van der Waals surface area contributed by atoms with Crippen molar-refractivity contribution >= 4 is 22.1 Å². The minimum Gasteiger partial charge on any atom is -0.493 e. The Hall–Kier alpha value is -2.34. The third kappa shape index (κ3) is 3.94. The van der Waals surface area contributed by atoms with Crippen molar-refractivity contribution < 1.29 is 14.3 Å². The van der Waals surface area contributed by atoms with Gasteiger partial charge in [-0.05, 0) is 35.7 Å². The van der Waals surface area contributed by atoms with Crippen molar-refractivity contribution in [3.63, 3.8) is 0 Å². The molecule has 0 saturated carbocycles. The summed E-state index contributed by atoms with van der Waals surface area (Å²) in [6.07, 6.45) is 3.62. The quantitative estimate of drug-likeness (QED) is 0.872. The highest BCUT2D eigenvalue weighted by atomic mass is 32.2. The lowest BCUT2D eigenvalue weighted by Crippen LogP contribution is -2.19. The fourth-order valence-electron chi connectivity index (χ4n) is 2.42. The Morgan fingerprint density at radius 3 is 2.54 bits per heavy atom. The zero-order valence-corrected chi connectivity index (χ0v) is 14.1. The minimum atomic E-state index is -0.558. The average Bonchev–Trinajstić information content (AvgIpc) is 2.94. The highest BCUT2D eigenvalue weighted by Gasteiger charge is 2.32. The van der Waals surface area contributed by atoms with E-state index >= 15 is 0 Å². The highest BCUT2D eigenvalue weighted by Crippen LogP contribution is 2.28. The summed E-state index contributed by atoms with van der Waals surface area (Å²) >= 11 is 0.714. The van der Waals surface area contributed by atoms with E-state index in [9.17, 15) is 9.59 Å². The smallest absolute Gasteiger partial charge is 0.287 e. The zero-order valence-electron chi connectivity index (χ0n) is 13.3. The molecule has 1 unspecified atom stereocenters. The molecule has 1 aliphatic rings. The number of thioether (sulfide) groups is 1. The van der Waals surface area contributed by atoms with Gasteiger partial charge < -0.3 is 10.1 Å². The van der Waals surface area contributed by atoms with Gasteiger partial charge in [0, 0.05) is 30.1 Å². The molecule has 0 spiro atoms. The van der Waals surface area contributed by atoms with Crippen LogP contribution in [0.3, 0.4) is 0 Å². The monoisotopic (exact) mass is 342 g/mol. The summed E-state index contributed by atoms with van der Waals surface area (Å²) in [5.41, 5.74) is 2.99. The number of aromatic nitrogens is 1. The van der Waals surface area contributed by atoms with E-state index in [0.29, 0.717) is 18.4 Å². The Morgan fingerprint density at radius 1 is 1.17 bits per heavy atom. The maximum atomic E-state index is 11.7. The first kappa shape index (κ1) is 16.5. The number of nitrogens with zero attached hydrogens (tertiary/aromatic N) is 1. The molecule has 1 aromatic carbocycles. The number of hydrogen-bond acceptors (Lipinski definition) is 5. The van der Waals surface area contributed by atoms with Crippen LogP contribution in [0, 0.1) is 0 Å². The van der Waals surface area contributed by atoms with E-state index < -0.39 is 6.04 Å². The molecular formula is C18H18N2O3S. The van der Waals surface area contributed by atoms with Crippen LogP contribution >= 0.6 is 11.8 Å². The van der Waals surface area contributed by atoms with Crippen LogP contribution in [0.15, 0.2) is 42.6 Å². The van der Waals surface area contributed by atoms with E-state index in [1.165, 1.54) is 5.56 Å². The molecule has 3 rings (SSSR count). The fourth-order valence-corrected chi connectivity index (χ4v) is 3.09. The first-order valence-corrected chi connectivity index (χ1v) is 8.66. The summed E-state index contributed by atoms with van der Waals surface area (Å²) in [7, 11) is 0. The first-order valence-electron chi connectivity index (χ1n) is 7.84. The molecule has 1 fully saturated rings. The number of ether oxygens (including phenoxy) is 1. The van der Waals surface area contributed by atoms with E-state index in [-0.39, 0.29) is 10.4 Å². The SMILES string of the molecule is CCc1ccc(CCOc2ccc(C3NC(=O)SC3=O)cc2)nc1. The Kier molecular flexibility index (Phi) is 5.15. The van der Waals surface area contributed by atoms with Crippen LogP contribution in [0.4, 0.5) is 4.79 Å². The van der Waals surface area contributed by atoms with Gasteiger partial charge >= 0.3 is 0 Å². The number of aryl methyl sites for hydroxylation is 1. The second kappa shape index (κ2) is 7.49. The standard InChI is InChI=1S/C18H18N2O3S/c1-2-12-3-6-14(19-11-12)9-10-23-15-7-4-13(5-8-15)16-17(21)24-18(22)20-16/h3-8,11,16H,2,9-10H2,1H3,(H,20,22). The molecule has 1 atom stereocenters. The Bertz CT molecular complexity index is 729. The van der Waals surface area contributed by atoms with E-state index in [4.69, 9.17) is 4.74 Å². The van der Waals surface area contributed by atoms with Crippen LogP contribution in [-0.4, -0.2) is 21.9 Å². The summed E-state index contributed by atoms with van der Waals surface area (Å²) < 4.78 is 5.71. The topological polar surface area (TPSA) is 68.3 Å². The van der Waals surface area contributed by atoms with Gasteiger partial charge in [-0.2, -0.15) is 0 Å². The Morgan fingerprint density at radius 2 is 1.96 bits per heavy atom. The van der Waals surface area contributed by atoms with Crippen molar-refractivity contribution in [2.45, 2.75) is 25.8 Å². The van der Waals surface area contributed by atoms with E-state index in [1.54, 1.807) is 12.1 Å². The van der Waals surface area contributed by atoms with Crippen molar-refractivity contribution in [2.24, 2.45) is 0 Å². The van der Waals surface area contributed by atoms with Gasteiger partial charge in [-0.15, -0.1) is 0 Å². The van der Waals surface area contributed by atoms with Gasteiger partial charge in [-0.1, -0.05) is 25.1 Å². The van der Waals surface area contributed by atoms with Gasteiger partial charge in [0.1, 0.15) is 11.8 Å². The molecule has 1 N–H and O–H groups in total.